The average molecular weight is 246 g/mol. The summed E-state index contributed by atoms with van der Waals surface area (Å²) in [6.45, 7) is 1.46. The molecule has 0 radical (unpaired) electrons. The zero-order valence-electron chi connectivity index (χ0n) is 8.76. The van der Waals surface area contributed by atoms with Crippen LogP contribution in [0.4, 0.5) is 18.9 Å². The van der Waals surface area contributed by atoms with E-state index in [0.717, 1.165) is 0 Å². The lowest BCUT2D eigenvalue weighted by Crippen LogP contribution is -2.30. The predicted molar refractivity (Wildman–Crippen MR) is 54.4 cm³/mol. The number of alkyl halides is 3. The van der Waals surface area contributed by atoms with Crippen molar-refractivity contribution >= 4 is 17.5 Å². The van der Waals surface area contributed by atoms with Gasteiger partial charge in [-0.3, -0.25) is 9.59 Å². The number of nitrogens with one attached hydrogen (secondary N) is 1. The zero-order chi connectivity index (χ0) is 13.2. The normalized spacial score (nSPS) is 11.1. The summed E-state index contributed by atoms with van der Waals surface area (Å²) in [5, 5.41) is 1.70. The van der Waals surface area contributed by atoms with E-state index in [1.54, 1.807) is 5.32 Å². The summed E-state index contributed by atoms with van der Waals surface area (Å²) in [6.07, 6.45) is -4.95. The SMILES string of the molecule is Cc1cc(C(N)=O)ccc1NC(=O)C(F)(F)F. The first kappa shape index (κ1) is 13.0. The van der Waals surface area contributed by atoms with Gasteiger partial charge in [0.05, 0.1) is 0 Å². The topological polar surface area (TPSA) is 72.2 Å². The molecule has 0 heterocycles. The first-order valence-electron chi connectivity index (χ1n) is 4.50. The van der Waals surface area contributed by atoms with Crippen LogP contribution in [0.25, 0.3) is 0 Å². The summed E-state index contributed by atoms with van der Waals surface area (Å²) in [5.74, 6) is -2.76. The quantitative estimate of drug-likeness (QED) is 0.831. The van der Waals surface area contributed by atoms with E-state index in [2.05, 4.69) is 0 Å². The second kappa shape index (κ2) is 4.44. The van der Waals surface area contributed by atoms with Crippen LogP contribution in [0.1, 0.15) is 15.9 Å². The number of halogens is 3. The summed E-state index contributed by atoms with van der Waals surface area (Å²) in [6, 6.07) is 3.73. The Balaban J connectivity index is 2.95. The standard InChI is InChI=1S/C10H9F3N2O2/c1-5-4-6(8(14)16)2-3-7(5)15-9(17)10(11,12)13/h2-4H,1H3,(H2,14,16)(H,15,17). The molecule has 1 aromatic carbocycles. The van der Waals surface area contributed by atoms with E-state index in [-0.39, 0.29) is 11.3 Å². The van der Waals surface area contributed by atoms with Gasteiger partial charge in [-0.15, -0.1) is 0 Å². The average Bonchev–Trinajstić information content (AvgIpc) is 2.19. The smallest absolute Gasteiger partial charge is 0.366 e. The molecule has 4 nitrogen and oxygen atoms in total. The Hall–Kier alpha value is -2.05. The van der Waals surface area contributed by atoms with Crippen molar-refractivity contribution in [3.8, 4) is 0 Å². The third-order valence-corrected chi connectivity index (χ3v) is 2.02. The first-order valence-corrected chi connectivity index (χ1v) is 4.50. The minimum atomic E-state index is -4.95. The lowest BCUT2D eigenvalue weighted by atomic mass is 10.1. The van der Waals surface area contributed by atoms with Crippen molar-refractivity contribution in [2.45, 2.75) is 13.1 Å². The Morgan fingerprint density at radius 3 is 2.29 bits per heavy atom. The molecule has 0 saturated carbocycles. The van der Waals surface area contributed by atoms with Gasteiger partial charge >= 0.3 is 12.1 Å². The molecule has 0 fully saturated rings. The molecule has 0 saturated heterocycles. The summed E-state index contributed by atoms with van der Waals surface area (Å²) in [7, 11) is 0. The molecule has 0 bridgehead atoms. The fourth-order valence-corrected chi connectivity index (χ4v) is 1.15. The lowest BCUT2D eigenvalue weighted by molar-refractivity contribution is -0.167. The van der Waals surface area contributed by atoms with E-state index < -0.39 is 18.0 Å². The highest BCUT2D eigenvalue weighted by molar-refractivity contribution is 5.97. The van der Waals surface area contributed by atoms with Crippen LogP contribution in [0.3, 0.4) is 0 Å². The van der Waals surface area contributed by atoms with E-state index >= 15 is 0 Å². The van der Waals surface area contributed by atoms with Crippen LogP contribution >= 0.6 is 0 Å². The van der Waals surface area contributed by atoms with Gasteiger partial charge in [0.25, 0.3) is 0 Å². The molecular formula is C10H9F3N2O2. The minimum absolute atomic E-state index is 0.0164. The summed E-state index contributed by atoms with van der Waals surface area (Å²) >= 11 is 0. The molecule has 3 N–H and O–H groups in total. The molecule has 0 aliphatic rings. The van der Waals surface area contributed by atoms with Crippen molar-refractivity contribution in [1.82, 2.24) is 0 Å². The van der Waals surface area contributed by atoms with Gasteiger partial charge in [0, 0.05) is 11.3 Å². The number of carbonyl (C=O) groups excluding carboxylic acids is 2. The number of rotatable bonds is 2. The third kappa shape index (κ3) is 3.20. The largest absolute Gasteiger partial charge is 0.471 e. The molecule has 7 heteroatoms. The highest BCUT2D eigenvalue weighted by atomic mass is 19.4. The fraction of sp³-hybridized carbons (Fsp3) is 0.200. The number of primary amides is 1. The Bertz CT molecular complexity index is 469. The van der Waals surface area contributed by atoms with Crippen LogP contribution in [0.2, 0.25) is 0 Å². The van der Waals surface area contributed by atoms with Crippen molar-refractivity contribution < 1.29 is 22.8 Å². The number of hydrogen-bond acceptors (Lipinski definition) is 2. The molecule has 2 amide bonds. The molecule has 1 aromatic rings. The highest BCUT2D eigenvalue weighted by Crippen LogP contribution is 2.21. The van der Waals surface area contributed by atoms with Gasteiger partial charge in [-0.1, -0.05) is 0 Å². The van der Waals surface area contributed by atoms with E-state index in [9.17, 15) is 22.8 Å². The molecule has 0 atom stereocenters. The van der Waals surface area contributed by atoms with Gasteiger partial charge in [0.2, 0.25) is 5.91 Å². The number of nitrogens with two attached hydrogens (primary N) is 1. The van der Waals surface area contributed by atoms with Crippen LogP contribution in [-0.4, -0.2) is 18.0 Å². The fourth-order valence-electron chi connectivity index (χ4n) is 1.15. The molecule has 0 aromatic heterocycles. The van der Waals surface area contributed by atoms with Crippen molar-refractivity contribution in [3.05, 3.63) is 29.3 Å². The number of anilines is 1. The highest BCUT2D eigenvalue weighted by Gasteiger charge is 2.38. The van der Waals surface area contributed by atoms with Crippen molar-refractivity contribution in [2.24, 2.45) is 5.73 Å². The van der Waals surface area contributed by atoms with Crippen LogP contribution in [0.5, 0.6) is 0 Å². The second-order valence-electron chi connectivity index (χ2n) is 3.35. The zero-order valence-corrected chi connectivity index (χ0v) is 8.76. The molecule has 0 spiro atoms. The van der Waals surface area contributed by atoms with Gasteiger partial charge in [0.15, 0.2) is 0 Å². The summed E-state index contributed by atoms with van der Waals surface area (Å²) < 4.78 is 36.0. The van der Waals surface area contributed by atoms with Gasteiger partial charge < -0.3 is 11.1 Å². The second-order valence-corrected chi connectivity index (χ2v) is 3.35. The Kier molecular flexibility index (Phi) is 3.40. The lowest BCUT2D eigenvalue weighted by Gasteiger charge is -2.10. The number of benzene rings is 1. The Morgan fingerprint density at radius 1 is 1.29 bits per heavy atom. The molecule has 0 aliphatic heterocycles. The molecule has 0 unspecified atom stereocenters. The number of aryl methyl sites for hydroxylation is 1. The van der Waals surface area contributed by atoms with E-state index in [4.69, 9.17) is 5.73 Å². The molecule has 1 rings (SSSR count). The molecule has 92 valence electrons. The summed E-state index contributed by atoms with van der Waals surface area (Å²) in [4.78, 5) is 21.5. The number of carbonyl (C=O) groups is 2. The Morgan fingerprint density at radius 2 is 1.88 bits per heavy atom. The van der Waals surface area contributed by atoms with E-state index in [1.807, 2.05) is 0 Å². The Labute approximate surface area is 94.6 Å². The maximum atomic E-state index is 12.0. The minimum Gasteiger partial charge on any atom is -0.366 e. The third-order valence-electron chi connectivity index (χ3n) is 2.02. The van der Waals surface area contributed by atoms with Crippen LogP contribution < -0.4 is 11.1 Å². The van der Waals surface area contributed by atoms with E-state index in [0.29, 0.717) is 5.56 Å². The predicted octanol–water partition coefficient (Wildman–Crippen LogP) is 1.59. The van der Waals surface area contributed by atoms with Gasteiger partial charge in [-0.05, 0) is 30.7 Å². The number of hydrogen-bond donors (Lipinski definition) is 2. The van der Waals surface area contributed by atoms with Gasteiger partial charge in [-0.25, -0.2) is 0 Å². The number of amides is 2. The van der Waals surface area contributed by atoms with Crippen molar-refractivity contribution in [2.75, 3.05) is 5.32 Å². The molecule has 0 aliphatic carbocycles. The van der Waals surface area contributed by atoms with Crippen LogP contribution in [0, 0.1) is 6.92 Å². The maximum Gasteiger partial charge on any atom is 0.471 e. The van der Waals surface area contributed by atoms with Crippen LogP contribution in [-0.2, 0) is 4.79 Å². The molecular weight excluding hydrogens is 237 g/mol. The van der Waals surface area contributed by atoms with Crippen molar-refractivity contribution in [1.29, 1.82) is 0 Å². The maximum absolute atomic E-state index is 12.0. The van der Waals surface area contributed by atoms with Gasteiger partial charge in [0.1, 0.15) is 0 Å². The molecule has 17 heavy (non-hydrogen) atoms. The van der Waals surface area contributed by atoms with Gasteiger partial charge in [-0.2, -0.15) is 13.2 Å². The monoisotopic (exact) mass is 246 g/mol. The first-order chi connectivity index (χ1) is 7.71. The van der Waals surface area contributed by atoms with E-state index in [1.165, 1.54) is 25.1 Å². The van der Waals surface area contributed by atoms with Crippen molar-refractivity contribution in [3.63, 3.8) is 0 Å². The summed E-state index contributed by atoms with van der Waals surface area (Å²) in [5.41, 5.74) is 5.46. The van der Waals surface area contributed by atoms with Crippen LogP contribution in [0.15, 0.2) is 18.2 Å².